The van der Waals surface area contributed by atoms with Gasteiger partial charge in [-0.15, -0.1) is 0 Å². The SMILES string of the molecule is C=C1CC2(CN(CC(C)C)C2)C(=O)N1.CC.CC.[CH2-]C(C)C.[CH2-]C[CH2-].[W]. The van der Waals surface area contributed by atoms with Crippen molar-refractivity contribution in [3.8, 4) is 0 Å². The molecule has 0 unspecified atom stereocenters. The van der Waals surface area contributed by atoms with Gasteiger partial charge in [-0.25, -0.2) is 0 Å². The summed E-state index contributed by atoms with van der Waals surface area (Å²) in [7, 11) is 0. The molecule has 1 N–H and O–H groups in total. The largest absolute Gasteiger partial charge is 0.372 e. The molecule has 1 spiro atoms. The predicted molar refractivity (Wildman–Crippen MR) is 114 cm³/mol. The van der Waals surface area contributed by atoms with E-state index in [9.17, 15) is 4.79 Å². The maximum atomic E-state index is 11.6. The van der Waals surface area contributed by atoms with E-state index in [1.165, 1.54) is 0 Å². The van der Waals surface area contributed by atoms with Crippen molar-refractivity contribution in [3.63, 3.8) is 0 Å². The maximum absolute atomic E-state index is 11.6. The predicted octanol–water partition coefficient (Wildman–Crippen LogP) is 5.55. The van der Waals surface area contributed by atoms with Crippen LogP contribution in [-0.4, -0.2) is 30.4 Å². The summed E-state index contributed by atoms with van der Waals surface area (Å²) >= 11 is 0. The number of nitrogens with one attached hydrogen (secondary N) is 1. The standard InChI is InChI=1S/C11H18N2O.C4H9.C3H6.2C2H6.W/c1-8(2)5-13-6-11(7-13)4-9(3)12-10(11)14;1-4(2)3;1-3-2;2*1-2;/h8H,3-7H2,1-2H3,(H,12,14);4H,1H2,2-3H3;1-3H2;2*1-2H3;/q;-1;-2;;;. The van der Waals surface area contributed by atoms with Gasteiger partial charge < -0.3 is 37.4 Å². The maximum Gasteiger partial charge on any atom is 0.233 e. The second kappa shape index (κ2) is 19.6. The Morgan fingerprint density at radius 1 is 1.12 bits per heavy atom. The first-order chi connectivity index (χ1) is 11.7. The van der Waals surface area contributed by atoms with Crippen LogP contribution >= 0.6 is 0 Å². The summed E-state index contributed by atoms with van der Waals surface area (Å²) in [5.41, 5.74) is 0.769. The Balaban J connectivity index is -0.000000171. The van der Waals surface area contributed by atoms with Crippen LogP contribution in [0, 0.1) is 38.0 Å². The van der Waals surface area contributed by atoms with Crippen molar-refractivity contribution in [1.29, 1.82) is 0 Å². The minimum Gasteiger partial charge on any atom is -0.372 e. The van der Waals surface area contributed by atoms with E-state index in [-0.39, 0.29) is 32.4 Å². The van der Waals surface area contributed by atoms with Gasteiger partial charge in [0.2, 0.25) is 5.91 Å². The van der Waals surface area contributed by atoms with Crippen molar-refractivity contribution in [2.75, 3.05) is 19.6 Å². The second-order valence-corrected chi connectivity index (χ2v) is 6.83. The van der Waals surface area contributed by atoms with Crippen LogP contribution in [0.2, 0.25) is 0 Å². The quantitative estimate of drug-likeness (QED) is 0.469. The minimum absolute atomic E-state index is 0. The average Bonchev–Trinajstić information content (AvgIpc) is 2.77. The number of hydrogen-bond donors (Lipinski definition) is 1. The molecule has 2 saturated heterocycles. The number of carbonyl (C=O) groups is 1. The third kappa shape index (κ3) is 15.0. The van der Waals surface area contributed by atoms with Crippen molar-refractivity contribution >= 4 is 5.91 Å². The molecule has 3 nitrogen and oxygen atoms in total. The summed E-state index contributed by atoms with van der Waals surface area (Å²) in [6, 6.07) is 0. The summed E-state index contributed by atoms with van der Waals surface area (Å²) in [5, 5.41) is 2.82. The van der Waals surface area contributed by atoms with Crippen LogP contribution in [0.25, 0.3) is 0 Å². The van der Waals surface area contributed by atoms with E-state index in [2.05, 4.69) is 65.3 Å². The second-order valence-electron chi connectivity index (χ2n) is 6.83. The molecule has 2 fully saturated rings. The first kappa shape index (κ1) is 33.4. The van der Waals surface area contributed by atoms with E-state index in [1.54, 1.807) is 0 Å². The molecule has 0 aromatic heterocycles. The molecule has 0 radical (unpaired) electrons. The van der Waals surface area contributed by atoms with Gasteiger partial charge in [-0.1, -0.05) is 62.0 Å². The number of rotatable bonds is 2. The van der Waals surface area contributed by atoms with Crippen molar-refractivity contribution in [2.45, 2.75) is 68.2 Å². The fraction of sp³-hybridized carbons (Fsp3) is 0.727. The van der Waals surface area contributed by atoms with E-state index >= 15 is 0 Å². The Morgan fingerprint density at radius 3 is 1.69 bits per heavy atom. The molecule has 2 aliphatic heterocycles. The monoisotopic (exact) mass is 537 g/mol. The van der Waals surface area contributed by atoms with Gasteiger partial charge >= 0.3 is 0 Å². The van der Waals surface area contributed by atoms with E-state index in [4.69, 9.17) is 0 Å². The number of amides is 1. The molecule has 2 heterocycles. The molecule has 0 aliphatic carbocycles. The van der Waals surface area contributed by atoms with Gasteiger partial charge in [0.25, 0.3) is 0 Å². The molecule has 4 heteroatoms. The normalized spacial score (nSPS) is 16.3. The summed E-state index contributed by atoms with van der Waals surface area (Å²) in [4.78, 5) is 14.0. The third-order valence-corrected chi connectivity index (χ3v) is 3.00. The number of likely N-dealkylation sites (tertiary alicyclic amines) is 1. The molecule has 0 bridgehead atoms. The van der Waals surface area contributed by atoms with E-state index in [1.807, 2.05) is 27.7 Å². The first-order valence-corrected chi connectivity index (χ1v) is 9.80. The zero-order chi connectivity index (χ0) is 20.6. The van der Waals surface area contributed by atoms with Gasteiger partial charge in [-0.3, -0.25) is 4.79 Å². The van der Waals surface area contributed by atoms with Gasteiger partial charge in [-0.2, -0.15) is 5.92 Å². The molecular formula is C22H45N2OW-3. The topological polar surface area (TPSA) is 32.3 Å². The summed E-state index contributed by atoms with van der Waals surface area (Å²) in [6.07, 6.45) is 1.58. The fourth-order valence-corrected chi connectivity index (χ4v) is 2.54. The van der Waals surface area contributed by atoms with Crippen molar-refractivity contribution in [1.82, 2.24) is 10.2 Å². The van der Waals surface area contributed by atoms with E-state index in [0.717, 1.165) is 38.2 Å². The van der Waals surface area contributed by atoms with Crippen LogP contribution in [0.4, 0.5) is 0 Å². The van der Waals surface area contributed by atoms with E-state index in [0.29, 0.717) is 11.8 Å². The Labute approximate surface area is 180 Å². The number of carbonyl (C=O) groups excluding carboxylic acids is 1. The van der Waals surface area contributed by atoms with Crippen LogP contribution in [0.5, 0.6) is 0 Å². The zero-order valence-corrected chi connectivity index (χ0v) is 21.7. The number of hydrogen-bond acceptors (Lipinski definition) is 2. The van der Waals surface area contributed by atoms with Gasteiger partial charge in [0.1, 0.15) is 0 Å². The smallest absolute Gasteiger partial charge is 0.233 e. The molecule has 2 rings (SSSR count). The minimum atomic E-state index is -0.119. The van der Waals surface area contributed by atoms with E-state index < -0.39 is 0 Å². The van der Waals surface area contributed by atoms with Crippen molar-refractivity contribution < 1.29 is 25.9 Å². The summed E-state index contributed by atoms with van der Waals surface area (Å²) in [6.45, 7) is 33.7. The van der Waals surface area contributed by atoms with Crippen LogP contribution in [0.15, 0.2) is 12.3 Å². The molecule has 158 valence electrons. The summed E-state index contributed by atoms with van der Waals surface area (Å²) in [5.74, 6) is 1.45. The molecule has 0 atom stereocenters. The number of nitrogens with zero attached hydrogens (tertiary/aromatic N) is 1. The molecular weight excluding hydrogens is 492 g/mol. The Hall–Kier alpha value is -0.142. The van der Waals surface area contributed by atoms with Gasteiger partial charge in [0.15, 0.2) is 0 Å². The van der Waals surface area contributed by atoms with Crippen molar-refractivity contribution in [2.24, 2.45) is 17.3 Å². The van der Waals surface area contributed by atoms with Crippen LogP contribution < -0.4 is 5.32 Å². The third-order valence-electron chi connectivity index (χ3n) is 3.00. The number of allylic oxidation sites excluding steroid dienone is 1. The molecule has 26 heavy (non-hydrogen) atoms. The fourth-order valence-electron chi connectivity index (χ4n) is 2.54. The Morgan fingerprint density at radius 2 is 1.46 bits per heavy atom. The Kier molecular flexibility index (Phi) is 25.2. The molecule has 1 amide bonds. The average molecular weight is 537 g/mol. The molecule has 0 aromatic carbocycles. The van der Waals surface area contributed by atoms with Gasteiger partial charge in [0.05, 0.1) is 5.41 Å². The molecule has 0 aromatic rings. The zero-order valence-electron chi connectivity index (χ0n) is 18.8. The van der Waals surface area contributed by atoms with Crippen LogP contribution in [0.1, 0.15) is 68.2 Å². The summed E-state index contributed by atoms with van der Waals surface area (Å²) < 4.78 is 0. The first-order valence-electron chi connectivity index (χ1n) is 9.80. The van der Waals surface area contributed by atoms with Crippen LogP contribution in [-0.2, 0) is 25.9 Å². The van der Waals surface area contributed by atoms with Crippen molar-refractivity contribution in [3.05, 3.63) is 33.0 Å². The van der Waals surface area contributed by atoms with Gasteiger partial charge in [0, 0.05) is 52.8 Å². The van der Waals surface area contributed by atoms with Gasteiger partial charge in [-0.05, 0) is 5.92 Å². The van der Waals surface area contributed by atoms with Crippen LogP contribution in [0.3, 0.4) is 0 Å². The molecule has 2 aliphatic rings. The Bertz CT molecular complexity index is 332. The molecule has 0 saturated carbocycles.